The van der Waals surface area contributed by atoms with Crippen molar-refractivity contribution in [3.63, 3.8) is 0 Å². The van der Waals surface area contributed by atoms with E-state index in [9.17, 15) is 9.59 Å². The number of carbonyl (C=O) groups is 2. The summed E-state index contributed by atoms with van der Waals surface area (Å²) in [6, 6.07) is 6.63. The first-order chi connectivity index (χ1) is 9.41. The van der Waals surface area contributed by atoms with Crippen molar-refractivity contribution in [3.05, 3.63) is 35.4 Å². The Balaban J connectivity index is 2.35. The maximum Gasteiger partial charge on any atom is 0.316 e. The highest BCUT2D eigenvalue weighted by molar-refractivity contribution is 5.83. The lowest BCUT2D eigenvalue weighted by Crippen LogP contribution is -2.41. The molecule has 1 aromatic carbocycles. The third kappa shape index (κ3) is 4.89. The van der Waals surface area contributed by atoms with Crippen LogP contribution >= 0.6 is 0 Å². The van der Waals surface area contributed by atoms with Crippen molar-refractivity contribution in [2.75, 3.05) is 27.2 Å². The summed E-state index contributed by atoms with van der Waals surface area (Å²) >= 11 is 0. The minimum Gasteiger partial charge on any atom is -0.353 e. The van der Waals surface area contributed by atoms with Crippen molar-refractivity contribution in [2.24, 2.45) is 5.73 Å². The number of benzene rings is 1. The van der Waals surface area contributed by atoms with Crippen molar-refractivity contribution in [2.45, 2.75) is 13.0 Å². The molecule has 0 fully saturated rings. The van der Waals surface area contributed by atoms with Gasteiger partial charge in [0.15, 0.2) is 0 Å². The SMILES string of the molecule is Cc1ccc(C(N)C(=O)NCCNC(=O)N(C)C)cc1. The van der Waals surface area contributed by atoms with Crippen LogP contribution in [-0.2, 0) is 4.79 Å². The second-order valence-electron chi connectivity index (χ2n) is 4.81. The Morgan fingerprint density at radius 2 is 1.70 bits per heavy atom. The van der Waals surface area contributed by atoms with Crippen molar-refractivity contribution in [1.82, 2.24) is 15.5 Å². The Kier molecular flexibility index (Phi) is 5.99. The van der Waals surface area contributed by atoms with Gasteiger partial charge in [0.1, 0.15) is 6.04 Å². The molecule has 0 aromatic heterocycles. The lowest BCUT2D eigenvalue weighted by molar-refractivity contribution is -0.122. The summed E-state index contributed by atoms with van der Waals surface area (Å²) < 4.78 is 0. The van der Waals surface area contributed by atoms with Crippen LogP contribution < -0.4 is 16.4 Å². The van der Waals surface area contributed by atoms with Crippen LogP contribution in [0, 0.1) is 6.92 Å². The standard InChI is InChI=1S/C14H22N4O2/c1-10-4-6-11(7-5-10)12(15)13(19)16-8-9-17-14(20)18(2)3/h4-7,12H,8-9,15H2,1-3H3,(H,16,19)(H,17,20). The lowest BCUT2D eigenvalue weighted by Gasteiger charge is -2.14. The zero-order valence-electron chi connectivity index (χ0n) is 12.1. The molecule has 0 aliphatic carbocycles. The van der Waals surface area contributed by atoms with E-state index >= 15 is 0 Å². The highest BCUT2D eigenvalue weighted by atomic mass is 16.2. The van der Waals surface area contributed by atoms with Crippen LogP contribution in [0.15, 0.2) is 24.3 Å². The molecule has 6 nitrogen and oxygen atoms in total. The maximum absolute atomic E-state index is 11.8. The molecule has 1 unspecified atom stereocenters. The maximum atomic E-state index is 11.8. The molecule has 0 aliphatic rings. The Morgan fingerprint density at radius 3 is 2.25 bits per heavy atom. The number of carbonyl (C=O) groups excluding carboxylic acids is 2. The van der Waals surface area contributed by atoms with Gasteiger partial charge in [-0.05, 0) is 12.5 Å². The number of hydrogen-bond donors (Lipinski definition) is 3. The van der Waals surface area contributed by atoms with Gasteiger partial charge in [-0.1, -0.05) is 29.8 Å². The van der Waals surface area contributed by atoms with E-state index in [1.165, 1.54) is 4.90 Å². The average molecular weight is 278 g/mol. The topological polar surface area (TPSA) is 87.5 Å². The zero-order valence-corrected chi connectivity index (χ0v) is 12.1. The molecule has 6 heteroatoms. The van der Waals surface area contributed by atoms with Crippen LogP contribution in [0.25, 0.3) is 0 Å². The van der Waals surface area contributed by atoms with E-state index in [2.05, 4.69) is 10.6 Å². The summed E-state index contributed by atoms with van der Waals surface area (Å²) in [6.07, 6.45) is 0. The van der Waals surface area contributed by atoms with Crippen molar-refractivity contribution in [1.29, 1.82) is 0 Å². The first kappa shape index (κ1) is 16.0. The summed E-state index contributed by atoms with van der Waals surface area (Å²) in [5.74, 6) is -0.257. The summed E-state index contributed by atoms with van der Waals surface area (Å²) in [5.41, 5.74) is 7.76. The molecule has 1 rings (SSSR count). The highest BCUT2D eigenvalue weighted by Gasteiger charge is 2.14. The first-order valence-electron chi connectivity index (χ1n) is 6.47. The fraction of sp³-hybridized carbons (Fsp3) is 0.429. The Bertz CT molecular complexity index is 457. The average Bonchev–Trinajstić information content (AvgIpc) is 2.43. The first-order valence-corrected chi connectivity index (χ1v) is 6.47. The van der Waals surface area contributed by atoms with Gasteiger partial charge in [-0.15, -0.1) is 0 Å². The van der Waals surface area contributed by atoms with E-state index in [0.29, 0.717) is 13.1 Å². The van der Waals surface area contributed by atoms with Gasteiger partial charge in [-0.3, -0.25) is 4.79 Å². The molecule has 0 saturated carbocycles. The number of urea groups is 1. The van der Waals surface area contributed by atoms with E-state index in [1.807, 2.05) is 31.2 Å². The molecular weight excluding hydrogens is 256 g/mol. The predicted molar refractivity (Wildman–Crippen MR) is 78.2 cm³/mol. The molecule has 110 valence electrons. The molecule has 20 heavy (non-hydrogen) atoms. The van der Waals surface area contributed by atoms with Crippen LogP contribution in [0.1, 0.15) is 17.2 Å². The largest absolute Gasteiger partial charge is 0.353 e. The Labute approximate surface area is 119 Å². The second kappa shape index (κ2) is 7.49. The summed E-state index contributed by atoms with van der Waals surface area (Å²) in [5, 5.41) is 5.35. The molecule has 1 aromatic rings. The van der Waals surface area contributed by atoms with Crippen molar-refractivity contribution in [3.8, 4) is 0 Å². The molecular formula is C14H22N4O2. The number of hydrogen-bond acceptors (Lipinski definition) is 3. The molecule has 0 saturated heterocycles. The Hall–Kier alpha value is -2.08. The number of aryl methyl sites for hydroxylation is 1. The number of amides is 3. The van der Waals surface area contributed by atoms with E-state index in [-0.39, 0.29) is 11.9 Å². The molecule has 0 bridgehead atoms. The molecule has 4 N–H and O–H groups in total. The van der Waals surface area contributed by atoms with Gasteiger partial charge >= 0.3 is 6.03 Å². The molecule has 0 radical (unpaired) electrons. The van der Waals surface area contributed by atoms with Crippen molar-refractivity contribution >= 4 is 11.9 Å². The van der Waals surface area contributed by atoms with Gasteiger partial charge in [0.2, 0.25) is 5.91 Å². The van der Waals surface area contributed by atoms with E-state index in [0.717, 1.165) is 11.1 Å². The molecule has 1 atom stereocenters. The lowest BCUT2D eigenvalue weighted by atomic mass is 10.1. The Morgan fingerprint density at radius 1 is 1.15 bits per heavy atom. The van der Waals surface area contributed by atoms with Gasteiger partial charge in [0.25, 0.3) is 0 Å². The predicted octanol–water partition coefficient (Wildman–Crippen LogP) is 0.382. The van der Waals surface area contributed by atoms with E-state index < -0.39 is 6.04 Å². The van der Waals surface area contributed by atoms with Gasteiger partial charge in [-0.25, -0.2) is 4.79 Å². The van der Waals surface area contributed by atoms with Gasteiger partial charge in [0, 0.05) is 27.2 Å². The van der Waals surface area contributed by atoms with Gasteiger partial charge < -0.3 is 21.3 Å². The third-order valence-electron chi connectivity index (χ3n) is 2.83. The highest BCUT2D eigenvalue weighted by Crippen LogP contribution is 2.11. The smallest absolute Gasteiger partial charge is 0.316 e. The minimum absolute atomic E-state index is 0.193. The summed E-state index contributed by atoms with van der Waals surface area (Å²) in [4.78, 5) is 24.5. The fourth-order valence-corrected chi connectivity index (χ4v) is 1.55. The molecule has 0 spiro atoms. The monoisotopic (exact) mass is 278 g/mol. The minimum atomic E-state index is -0.694. The van der Waals surface area contributed by atoms with E-state index in [1.54, 1.807) is 14.1 Å². The number of nitrogens with zero attached hydrogens (tertiary/aromatic N) is 1. The molecule has 3 amide bonds. The van der Waals surface area contributed by atoms with Crippen LogP contribution in [0.5, 0.6) is 0 Å². The third-order valence-corrected chi connectivity index (χ3v) is 2.83. The van der Waals surface area contributed by atoms with Crippen LogP contribution in [-0.4, -0.2) is 44.0 Å². The van der Waals surface area contributed by atoms with E-state index in [4.69, 9.17) is 5.73 Å². The second-order valence-corrected chi connectivity index (χ2v) is 4.81. The molecule has 0 heterocycles. The van der Waals surface area contributed by atoms with Crippen LogP contribution in [0.3, 0.4) is 0 Å². The number of rotatable bonds is 5. The van der Waals surface area contributed by atoms with Crippen LogP contribution in [0.4, 0.5) is 4.79 Å². The van der Waals surface area contributed by atoms with Crippen LogP contribution in [0.2, 0.25) is 0 Å². The number of nitrogens with one attached hydrogen (secondary N) is 2. The fourth-order valence-electron chi connectivity index (χ4n) is 1.55. The quantitative estimate of drug-likeness (QED) is 0.681. The van der Waals surface area contributed by atoms with Gasteiger partial charge in [-0.2, -0.15) is 0 Å². The van der Waals surface area contributed by atoms with Crippen molar-refractivity contribution < 1.29 is 9.59 Å². The normalized spacial score (nSPS) is 11.6. The molecule has 0 aliphatic heterocycles. The zero-order chi connectivity index (χ0) is 15.1. The van der Waals surface area contributed by atoms with Gasteiger partial charge in [0.05, 0.1) is 0 Å². The summed E-state index contributed by atoms with van der Waals surface area (Å²) in [7, 11) is 3.31. The summed E-state index contributed by atoms with van der Waals surface area (Å²) in [6.45, 7) is 2.68. The number of nitrogens with two attached hydrogens (primary N) is 1.